The zero-order valence-corrected chi connectivity index (χ0v) is 12.8. The highest BCUT2D eigenvalue weighted by molar-refractivity contribution is 6.35. The lowest BCUT2D eigenvalue weighted by atomic mass is 9.96. The molecule has 2 nitrogen and oxygen atoms in total. The molecule has 106 valence electrons. The van der Waals surface area contributed by atoms with E-state index >= 15 is 0 Å². The van der Waals surface area contributed by atoms with Crippen LogP contribution >= 0.6 is 23.2 Å². The van der Waals surface area contributed by atoms with Crippen molar-refractivity contribution in [2.75, 3.05) is 0 Å². The minimum absolute atomic E-state index is 0.142. The third-order valence-electron chi connectivity index (χ3n) is 3.57. The Morgan fingerprint density at radius 1 is 1.10 bits per heavy atom. The van der Waals surface area contributed by atoms with E-state index in [4.69, 9.17) is 28.9 Å². The van der Waals surface area contributed by atoms with Crippen LogP contribution in [-0.4, -0.2) is 4.98 Å². The summed E-state index contributed by atoms with van der Waals surface area (Å²) in [4.78, 5) is 4.19. The Kier molecular flexibility index (Phi) is 4.11. The second kappa shape index (κ2) is 6.02. The summed E-state index contributed by atoms with van der Waals surface area (Å²) in [5.74, 6) is 0. The highest BCUT2D eigenvalue weighted by Crippen LogP contribution is 2.28. The number of hydrogen-bond acceptors (Lipinski definition) is 2. The molecule has 0 aliphatic carbocycles. The van der Waals surface area contributed by atoms with Crippen LogP contribution in [0.15, 0.2) is 54.9 Å². The molecule has 1 unspecified atom stereocenters. The van der Waals surface area contributed by atoms with E-state index in [1.807, 2.05) is 36.5 Å². The number of halogens is 2. The van der Waals surface area contributed by atoms with Crippen molar-refractivity contribution in [1.29, 1.82) is 0 Å². The second-order valence-electron chi connectivity index (χ2n) is 4.99. The summed E-state index contributed by atoms with van der Waals surface area (Å²) in [5, 5.41) is 3.50. The lowest BCUT2D eigenvalue weighted by Crippen LogP contribution is -2.14. The second-order valence-corrected chi connectivity index (χ2v) is 5.83. The molecule has 0 spiro atoms. The molecular formula is C17H14Cl2N2. The van der Waals surface area contributed by atoms with Gasteiger partial charge in [0.25, 0.3) is 0 Å². The molecule has 0 radical (unpaired) electrons. The molecule has 2 aromatic carbocycles. The zero-order valence-electron chi connectivity index (χ0n) is 11.3. The Hall–Kier alpha value is -1.61. The molecule has 4 heteroatoms. The number of pyridine rings is 1. The Morgan fingerprint density at radius 3 is 2.76 bits per heavy atom. The number of rotatable bonds is 3. The lowest BCUT2D eigenvalue weighted by Gasteiger charge is -2.15. The van der Waals surface area contributed by atoms with E-state index in [0.29, 0.717) is 16.5 Å². The minimum atomic E-state index is -0.142. The Bertz CT molecular complexity index is 781. The van der Waals surface area contributed by atoms with Crippen LogP contribution in [0.1, 0.15) is 17.2 Å². The predicted octanol–water partition coefficient (Wildman–Crippen LogP) is 4.78. The van der Waals surface area contributed by atoms with Crippen LogP contribution in [0.25, 0.3) is 10.8 Å². The number of aromatic nitrogens is 1. The van der Waals surface area contributed by atoms with Gasteiger partial charge in [0.1, 0.15) is 0 Å². The van der Waals surface area contributed by atoms with Gasteiger partial charge in [0, 0.05) is 33.9 Å². The maximum absolute atomic E-state index is 6.38. The van der Waals surface area contributed by atoms with Crippen molar-refractivity contribution in [3.8, 4) is 0 Å². The molecule has 3 aromatic rings. The SMILES string of the molecule is NC(Cc1ccc(Cl)cc1Cl)c1cccc2ccncc12. The van der Waals surface area contributed by atoms with Gasteiger partial charge in [-0.25, -0.2) is 0 Å². The van der Waals surface area contributed by atoms with E-state index in [1.54, 1.807) is 12.3 Å². The van der Waals surface area contributed by atoms with Crippen molar-refractivity contribution in [1.82, 2.24) is 4.98 Å². The van der Waals surface area contributed by atoms with E-state index in [0.717, 1.165) is 21.9 Å². The molecule has 3 rings (SSSR count). The molecule has 21 heavy (non-hydrogen) atoms. The van der Waals surface area contributed by atoms with E-state index in [1.165, 1.54) is 0 Å². The van der Waals surface area contributed by atoms with Gasteiger partial charge in [-0.15, -0.1) is 0 Å². The standard InChI is InChI=1S/C17H14Cl2N2/c18-13-5-4-12(16(19)9-13)8-17(20)14-3-1-2-11-6-7-21-10-15(11)14/h1-7,9-10,17H,8,20H2. The van der Waals surface area contributed by atoms with E-state index < -0.39 is 0 Å². The normalized spacial score (nSPS) is 12.5. The van der Waals surface area contributed by atoms with Crippen molar-refractivity contribution in [2.45, 2.75) is 12.5 Å². The third-order valence-corrected chi connectivity index (χ3v) is 4.16. The topological polar surface area (TPSA) is 38.9 Å². The molecule has 1 atom stereocenters. The first kappa shape index (κ1) is 14.3. The zero-order chi connectivity index (χ0) is 14.8. The molecule has 0 aliphatic heterocycles. The summed E-state index contributed by atoms with van der Waals surface area (Å²) >= 11 is 12.2. The van der Waals surface area contributed by atoms with Crippen molar-refractivity contribution >= 4 is 34.0 Å². The average Bonchev–Trinajstić information content (AvgIpc) is 2.49. The van der Waals surface area contributed by atoms with Gasteiger partial charge in [-0.2, -0.15) is 0 Å². The summed E-state index contributed by atoms with van der Waals surface area (Å²) in [6, 6.07) is 13.5. The fourth-order valence-corrected chi connectivity index (χ4v) is 2.98. The Labute approximate surface area is 133 Å². The summed E-state index contributed by atoms with van der Waals surface area (Å²) in [5.41, 5.74) is 8.45. The third kappa shape index (κ3) is 3.03. The largest absolute Gasteiger partial charge is 0.324 e. The number of fused-ring (bicyclic) bond motifs is 1. The van der Waals surface area contributed by atoms with Crippen LogP contribution in [0.3, 0.4) is 0 Å². The van der Waals surface area contributed by atoms with Crippen molar-refractivity contribution in [3.63, 3.8) is 0 Å². The van der Waals surface area contributed by atoms with Gasteiger partial charge in [0.05, 0.1) is 0 Å². The van der Waals surface area contributed by atoms with Crippen LogP contribution in [-0.2, 0) is 6.42 Å². The van der Waals surface area contributed by atoms with Gasteiger partial charge in [-0.3, -0.25) is 4.98 Å². The summed E-state index contributed by atoms with van der Waals surface area (Å²) in [7, 11) is 0. The summed E-state index contributed by atoms with van der Waals surface area (Å²) < 4.78 is 0. The van der Waals surface area contributed by atoms with Gasteiger partial charge >= 0.3 is 0 Å². The molecule has 0 fully saturated rings. The number of hydrogen-bond donors (Lipinski definition) is 1. The molecule has 0 amide bonds. The first-order valence-electron chi connectivity index (χ1n) is 6.67. The molecule has 0 saturated carbocycles. The van der Waals surface area contributed by atoms with Crippen molar-refractivity contribution < 1.29 is 0 Å². The van der Waals surface area contributed by atoms with Gasteiger partial charge < -0.3 is 5.73 Å². The Balaban J connectivity index is 1.95. The van der Waals surface area contributed by atoms with Gasteiger partial charge in [0.15, 0.2) is 0 Å². The van der Waals surface area contributed by atoms with Crippen LogP contribution < -0.4 is 5.73 Å². The van der Waals surface area contributed by atoms with Crippen molar-refractivity contribution in [2.24, 2.45) is 5.73 Å². The first-order chi connectivity index (χ1) is 10.1. The van der Waals surface area contributed by atoms with Gasteiger partial charge in [-0.05, 0) is 41.1 Å². The van der Waals surface area contributed by atoms with Gasteiger partial charge in [0.2, 0.25) is 0 Å². The van der Waals surface area contributed by atoms with Crippen LogP contribution in [0.2, 0.25) is 10.0 Å². The first-order valence-corrected chi connectivity index (χ1v) is 7.43. The molecular weight excluding hydrogens is 303 g/mol. The fraction of sp³-hybridized carbons (Fsp3) is 0.118. The smallest absolute Gasteiger partial charge is 0.0453 e. The van der Waals surface area contributed by atoms with E-state index in [9.17, 15) is 0 Å². The summed E-state index contributed by atoms with van der Waals surface area (Å²) in [6.45, 7) is 0. The highest BCUT2D eigenvalue weighted by Gasteiger charge is 2.12. The molecule has 1 heterocycles. The average molecular weight is 317 g/mol. The van der Waals surface area contributed by atoms with Crippen LogP contribution in [0, 0.1) is 0 Å². The van der Waals surface area contributed by atoms with E-state index in [-0.39, 0.29) is 6.04 Å². The van der Waals surface area contributed by atoms with Crippen molar-refractivity contribution in [3.05, 3.63) is 76.0 Å². The molecule has 0 bridgehead atoms. The molecule has 2 N–H and O–H groups in total. The molecule has 1 aromatic heterocycles. The number of benzene rings is 2. The quantitative estimate of drug-likeness (QED) is 0.755. The maximum atomic E-state index is 6.38. The monoisotopic (exact) mass is 316 g/mol. The van der Waals surface area contributed by atoms with Crippen LogP contribution in [0.4, 0.5) is 0 Å². The molecule has 0 aliphatic rings. The minimum Gasteiger partial charge on any atom is -0.324 e. The lowest BCUT2D eigenvalue weighted by molar-refractivity contribution is 0.728. The maximum Gasteiger partial charge on any atom is 0.0453 e. The molecule has 0 saturated heterocycles. The van der Waals surface area contributed by atoms with E-state index in [2.05, 4.69) is 11.1 Å². The number of nitrogens with zero attached hydrogens (tertiary/aromatic N) is 1. The van der Waals surface area contributed by atoms with Gasteiger partial charge in [-0.1, -0.05) is 47.5 Å². The summed E-state index contributed by atoms with van der Waals surface area (Å²) in [6.07, 6.45) is 4.30. The van der Waals surface area contributed by atoms with Crippen LogP contribution in [0.5, 0.6) is 0 Å². The highest BCUT2D eigenvalue weighted by atomic mass is 35.5. The fourth-order valence-electron chi connectivity index (χ4n) is 2.49. The number of nitrogens with two attached hydrogens (primary N) is 1. The predicted molar refractivity (Wildman–Crippen MR) is 88.8 cm³/mol. The Morgan fingerprint density at radius 2 is 1.95 bits per heavy atom.